The van der Waals surface area contributed by atoms with Crippen LogP contribution in [-0.2, 0) is 17.1 Å². The fourth-order valence-corrected chi connectivity index (χ4v) is 2.82. The van der Waals surface area contributed by atoms with Crippen molar-refractivity contribution in [2.45, 2.75) is 32.6 Å². The van der Waals surface area contributed by atoms with Crippen molar-refractivity contribution in [3.63, 3.8) is 0 Å². The maximum atomic E-state index is 13.1. The molecule has 33 heavy (non-hydrogen) atoms. The van der Waals surface area contributed by atoms with Crippen LogP contribution in [-0.4, -0.2) is 25.0 Å². The summed E-state index contributed by atoms with van der Waals surface area (Å²) in [5.41, 5.74) is -2.23. The Kier molecular flexibility index (Phi) is 8.34. The number of nitrogens with zero attached hydrogens (tertiary/aromatic N) is 1. The third-order valence-corrected chi connectivity index (χ3v) is 4.55. The molecule has 5 nitrogen and oxygen atoms in total. The van der Waals surface area contributed by atoms with Gasteiger partial charge in [0, 0.05) is 30.4 Å². The second-order valence-electron chi connectivity index (χ2n) is 7.51. The molecule has 0 saturated carbocycles. The van der Waals surface area contributed by atoms with E-state index in [9.17, 15) is 35.9 Å². The maximum Gasteiger partial charge on any atom is 0.416 e. The Bertz CT molecular complexity index is 973. The van der Waals surface area contributed by atoms with Gasteiger partial charge in [-0.25, -0.2) is 4.79 Å². The highest BCUT2D eigenvalue weighted by Crippen LogP contribution is 2.33. The summed E-state index contributed by atoms with van der Waals surface area (Å²) in [5, 5.41) is 4.93. The van der Waals surface area contributed by atoms with E-state index in [1.165, 1.54) is 12.1 Å². The van der Waals surface area contributed by atoms with E-state index in [4.69, 9.17) is 0 Å². The van der Waals surface area contributed by atoms with Crippen LogP contribution < -0.4 is 15.5 Å². The highest BCUT2D eigenvalue weighted by Gasteiger charge is 2.32. The summed E-state index contributed by atoms with van der Waals surface area (Å²) in [6.07, 6.45) is -9.08. The topological polar surface area (TPSA) is 61.4 Å². The fourth-order valence-electron chi connectivity index (χ4n) is 2.82. The minimum atomic E-state index is -4.65. The monoisotopic (exact) mass is 475 g/mol. The van der Waals surface area contributed by atoms with Gasteiger partial charge in [0.05, 0.1) is 11.1 Å². The number of nitrogens with one attached hydrogen (secondary N) is 2. The van der Waals surface area contributed by atoms with E-state index in [1.54, 1.807) is 13.8 Å². The van der Waals surface area contributed by atoms with Crippen molar-refractivity contribution in [1.29, 1.82) is 0 Å². The van der Waals surface area contributed by atoms with Gasteiger partial charge >= 0.3 is 18.4 Å². The summed E-state index contributed by atoms with van der Waals surface area (Å²) in [6, 6.07) is 7.02. The molecule has 0 heterocycles. The summed E-state index contributed by atoms with van der Waals surface area (Å²) in [6.45, 7) is 3.44. The van der Waals surface area contributed by atoms with Crippen LogP contribution in [0.15, 0.2) is 48.5 Å². The van der Waals surface area contributed by atoms with Crippen molar-refractivity contribution < 1.29 is 35.9 Å². The van der Waals surface area contributed by atoms with Gasteiger partial charge in [-0.05, 0) is 42.8 Å². The van der Waals surface area contributed by atoms with Gasteiger partial charge in [-0.2, -0.15) is 26.3 Å². The Morgan fingerprint density at radius 1 is 0.909 bits per heavy atom. The van der Waals surface area contributed by atoms with Gasteiger partial charge in [-0.3, -0.25) is 9.69 Å². The normalized spacial score (nSPS) is 11.9. The van der Waals surface area contributed by atoms with E-state index in [0.717, 1.165) is 41.3 Å². The number of benzene rings is 2. The molecule has 0 aliphatic rings. The first-order chi connectivity index (χ1) is 15.3. The lowest BCUT2D eigenvalue weighted by atomic mass is 10.1. The van der Waals surface area contributed by atoms with E-state index < -0.39 is 29.5 Å². The molecule has 0 bridgehead atoms. The maximum absolute atomic E-state index is 13.1. The van der Waals surface area contributed by atoms with Crippen LogP contribution in [0.2, 0.25) is 0 Å². The number of halogens is 6. The van der Waals surface area contributed by atoms with Gasteiger partial charge in [0.1, 0.15) is 0 Å². The number of carbonyl (C=O) groups is 2. The largest absolute Gasteiger partial charge is 0.416 e. The van der Waals surface area contributed by atoms with Crippen molar-refractivity contribution >= 4 is 23.3 Å². The van der Waals surface area contributed by atoms with Crippen LogP contribution in [0.3, 0.4) is 0 Å². The molecule has 0 atom stereocenters. The Morgan fingerprint density at radius 3 is 2.06 bits per heavy atom. The first-order valence-electron chi connectivity index (χ1n) is 10.00. The minimum Gasteiger partial charge on any atom is -0.356 e. The molecule has 0 fully saturated rings. The van der Waals surface area contributed by atoms with E-state index in [1.807, 2.05) is 0 Å². The number of alkyl halides is 6. The average Bonchev–Trinajstić information content (AvgIpc) is 2.72. The van der Waals surface area contributed by atoms with Crippen LogP contribution in [0.4, 0.5) is 42.5 Å². The van der Waals surface area contributed by atoms with E-state index >= 15 is 0 Å². The third kappa shape index (κ3) is 7.69. The Balaban J connectivity index is 2.25. The van der Waals surface area contributed by atoms with Crippen molar-refractivity contribution in [3.05, 3.63) is 59.7 Å². The van der Waals surface area contributed by atoms with Crippen molar-refractivity contribution in [2.24, 2.45) is 5.92 Å². The van der Waals surface area contributed by atoms with Gasteiger partial charge in [-0.15, -0.1) is 0 Å². The molecule has 0 aliphatic carbocycles. The van der Waals surface area contributed by atoms with Crippen LogP contribution >= 0.6 is 0 Å². The summed E-state index contributed by atoms with van der Waals surface area (Å²) in [7, 11) is 0. The second kappa shape index (κ2) is 10.6. The van der Waals surface area contributed by atoms with E-state index in [0.29, 0.717) is 0 Å². The zero-order valence-corrected chi connectivity index (χ0v) is 17.8. The number of amides is 3. The summed E-state index contributed by atoms with van der Waals surface area (Å²) < 4.78 is 78.2. The zero-order valence-electron chi connectivity index (χ0n) is 17.8. The highest BCUT2D eigenvalue weighted by atomic mass is 19.4. The molecular weight excluding hydrogens is 452 g/mol. The molecule has 0 spiro atoms. The third-order valence-electron chi connectivity index (χ3n) is 4.55. The van der Waals surface area contributed by atoms with Crippen molar-refractivity contribution in [1.82, 2.24) is 5.32 Å². The second-order valence-corrected chi connectivity index (χ2v) is 7.51. The van der Waals surface area contributed by atoms with Crippen LogP contribution in [0.5, 0.6) is 0 Å². The fraction of sp³-hybridized carbons (Fsp3) is 0.364. The van der Waals surface area contributed by atoms with E-state index in [2.05, 4.69) is 10.6 Å². The number of carbonyl (C=O) groups excluding carboxylic acids is 2. The Labute approximate surface area is 186 Å². The van der Waals surface area contributed by atoms with Crippen LogP contribution in [0.25, 0.3) is 0 Å². The molecule has 11 heteroatoms. The molecule has 2 rings (SSSR count). The SMILES string of the molecule is CC(C)C(=O)NCCCN(C(=O)Nc1cccc(C(F)(F)F)c1)c1cccc(C(F)(F)F)c1. The number of rotatable bonds is 7. The summed E-state index contributed by atoms with van der Waals surface area (Å²) >= 11 is 0. The van der Waals surface area contributed by atoms with Gasteiger partial charge in [0.2, 0.25) is 5.91 Å². The van der Waals surface area contributed by atoms with Gasteiger partial charge in [0.15, 0.2) is 0 Å². The van der Waals surface area contributed by atoms with Gasteiger partial charge in [0.25, 0.3) is 0 Å². The molecule has 0 unspecified atom stereocenters. The molecule has 0 radical (unpaired) electrons. The first-order valence-corrected chi connectivity index (χ1v) is 10.00. The number of hydrogen-bond acceptors (Lipinski definition) is 2. The average molecular weight is 475 g/mol. The van der Waals surface area contributed by atoms with Gasteiger partial charge in [-0.1, -0.05) is 26.0 Å². The lowest BCUT2D eigenvalue weighted by molar-refractivity contribution is -0.138. The molecule has 2 N–H and O–H groups in total. The zero-order chi connectivity index (χ0) is 24.8. The quantitative estimate of drug-likeness (QED) is 0.386. The number of anilines is 2. The Hall–Kier alpha value is -3.24. The lowest BCUT2D eigenvalue weighted by Gasteiger charge is -2.24. The predicted molar refractivity (Wildman–Crippen MR) is 112 cm³/mol. The molecule has 2 aromatic rings. The standard InChI is InChI=1S/C22H23F6N3O2/c1-14(2)19(32)29-10-5-11-31(18-9-4-7-16(13-18)22(26,27)28)20(33)30-17-8-3-6-15(12-17)21(23,24)25/h3-4,6-9,12-14H,5,10-11H2,1-2H3,(H,29,32)(H,30,33). The Morgan fingerprint density at radius 2 is 1.48 bits per heavy atom. The van der Waals surface area contributed by atoms with Gasteiger partial charge < -0.3 is 10.6 Å². The first kappa shape index (κ1) is 26.0. The molecule has 0 aliphatic heterocycles. The number of hydrogen-bond donors (Lipinski definition) is 2. The summed E-state index contributed by atoms with van der Waals surface area (Å²) in [5.74, 6) is -0.497. The summed E-state index contributed by atoms with van der Waals surface area (Å²) in [4.78, 5) is 25.5. The number of urea groups is 1. The molecule has 3 amide bonds. The predicted octanol–water partition coefficient (Wildman–Crippen LogP) is 5.93. The van der Waals surface area contributed by atoms with Crippen LogP contribution in [0.1, 0.15) is 31.4 Å². The smallest absolute Gasteiger partial charge is 0.356 e. The highest BCUT2D eigenvalue weighted by molar-refractivity contribution is 6.01. The molecule has 2 aromatic carbocycles. The molecule has 0 saturated heterocycles. The molecule has 180 valence electrons. The van der Waals surface area contributed by atoms with Crippen molar-refractivity contribution in [3.8, 4) is 0 Å². The van der Waals surface area contributed by atoms with Crippen molar-refractivity contribution in [2.75, 3.05) is 23.3 Å². The lowest BCUT2D eigenvalue weighted by Crippen LogP contribution is -2.38. The molecule has 0 aromatic heterocycles. The van der Waals surface area contributed by atoms with Crippen LogP contribution in [0, 0.1) is 5.92 Å². The molecular formula is C22H23F6N3O2. The van der Waals surface area contributed by atoms with E-state index in [-0.39, 0.29) is 42.7 Å². The minimum absolute atomic E-state index is 0.0928.